The van der Waals surface area contributed by atoms with E-state index >= 15 is 0 Å². The Hall–Kier alpha value is -2.54. The van der Waals surface area contributed by atoms with E-state index in [4.69, 9.17) is 4.74 Å². The highest BCUT2D eigenvalue weighted by molar-refractivity contribution is 5.43. The topological polar surface area (TPSA) is 64.4 Å². The molecule has 0 fully saturated rings. The Morgan fingerprint density at radius 2 is 1.86 bits per heavy atom. The summed E-state index contributed by atoms with van der Waals surface area (Å²) in [4.78, 5) is 9.67. The third-order valence-corrected chi connectivity index (χ3v) is 2.75. The Bertz CT molecular complexity index is 654. The number of halogens is 2. The molecule has 0 unspecified atom stereocenters. The van der Waals surface area contributed by atoms with Gasteiger partial charge in [-0.3, -0.25) is 10.1 Å². The van der Waals surface area contributed by atoms with Crippen LogP contribution in [0, 0.1) is 21.7 Å². The maximum absolute atomic E-state index is 13.8. The summed E-state index contributed by atoms with van der Waals surface area (Å²) in [6.07, 6.45) is 0. The molecule has 5 nitrogen and oxygen atoms in total. The smallest absolute Gasteiger partial charge is 0.275 e. The third-order valence-electron chi connectivity index (χ3n) is 2.75. The van der Waals surface area contributed by atoms with Crippen LogP contribution in [0.15, 0.2) is 36.4 Å². The van der Waals surface area contributed by atoms with Gasteiger partial charge in [0, 0.05) is 12.1 Å². The zero-order chi connectivity index (χ0) is 15.4. The molecule has 2 aromatic rings. The Morgan fingerprint density at radius 1 is 1.24 bits per heavy atom. The van der Waals surface area contributed by atoms with Gasteiger partial charge >= 0.3 is 0 Å². The van der Waals surface area contributed by atoms with Gasteiger partial charge in [-0.15, -0.1) is 0 Å². The minimum Gasteiger partial charge on any atom is -0.451 e. The molecular formula is C14H12F2N2O3. The molecule has 0 spiro atoms. The lowest BCUT2D eigenvalue weighted by atomic mass is 10.2. The van der Waals surface area contributed by atoms with Crippen molar-refractivity contribution in [1.29, 1.82) is 0 Å². The quantitative estimate of drug-likeness (QED) is 0.678. The lowest BCUT2D eigenvalue weighted by Gasteiger charge is -2.12. The number of ether oxygens (including phenoxy) is 1. The minimum atomic E-state index is -1.12. The van der Waals surface area contributed by atoms with Crippen LogP contribution in [0.3, 0.4) is 0 Å². The molecule has 1 N–H and O–H groups in total. The first-order valence-corrected chi connectivity index (χ1v) is 6.06. The van der Waals surface area contributed by atoms with Crippen LogP contribution in [0.2, 0.25) is 0 Å². The minimum absolute atomic E-state index is 0.276. The number of hydrogen-bond acceptors (Lipinski definition) is 4. The van der Waals surface area contributed by atoms with Crippen molar-refractivity contribution >= 4 is 5.69 Å². The van der Waals surface area contributed by atoms with E-state index in [0.717, 1.165) is 0 Å². The van der Waals surface area contributed by atoms with Gasteiger partial charge in [-0.25, -0.2) is 8.78 Å². The first-order valence-electron chi connectivity index (χ1n) is 6.06. The monoisotopic (exact) mass is 294 g/mol. The number of benzene rings is 2. The van der Waals surface area contributed by atoms with Gasteiger partial charge in [-0.2, -0.15) is 0 Å². The van der Waals surface area contributed by atoms with Gasteiger partial charge in [0.15, 0.2) is 17.4 Å². The summed E-state index contributed by atoms with van der Waals surface area (Å²) >= 11 is 0. The van der Waals surface area contributed by atoms with E-state index in [1.165, 1.54) is 0 Å². The molecule has 2 aromatic carbocycles. The average Bonchev–Trinajstić information content (AvgIpc) is 2.44. The summed E-state index contributed by atoms with van der Waals surface area (Å²) in [6.45, 7) is 0.451. The molecule has 0 saturated heterocycles. The van der Waals surface area contributed by atoms with Crippen molar-refractivity contribution in [2.75, 3.05) is 7.05 Å². The molecule has 0 saturated carbocycles. The molecule has 21 heavy (non-hydrogen) atoms. The molecule has 0 radical (unpaired) electrons. The molecule has 0 aliphatic rings. The van der Waals surface area contributed by atoms with E-state index in [2.05, 4.69) is 5.32 Å². The van der Waals surface area contributed by atoms with Gasteiger partial charge in [-0.1, -0.05) is 18.2 Å². The summed E-state index contributed by atoms with van der Waals surface area (Å²) in [5.41, 5.74) is 0.0398. The Kier molecular flexibility index (Phi) is 4.44. The van der Waals surface area contributed by atoms with E-state index in [-0.39, 0.29) is 5.75 Å². The zero-order valence-corrected chi connectivity index (χ0v) is 11.1. The van der Waals surface area contributed by atoms with E-state index in [1.54, 1.807) is 31.3 Å². The summed E-state index contributed by atoms with van der Waals surface area (Å²) in [5, 5.41) is 13.4. The molecule has 2 rings (SSSR count). The second-order valence-corrected chi connectivity index (χ2v) is 4.24. The molecular weight excluding hydrogens is 282 g/mol. The number of non-ortho nitro benzene ring substituents is 1. The summed E-state index contributed by atoms with van der Waals surface area (Å²) in [7, 11) is 1.73. The normalized spacial score (nSPS) is 10.4. The summed E-state index contributed by atoms with van der Waals surface area (Å²) in [5.74, 6) is -2.63. The van der Waals surface area contributed by atoms with E-state index in [1.807, 2.05) is 0 Å². The van der Waals surface area contributed by atoms with Crippen LogP contribution >= 0.6 is 0 Å². The van der Waals surface area contributed by atoms with Gasteiger partial charge < -0.3 is 10.1 Å². The summed E-state index contributed by atoms with van der Waals surface area (Å²) in [6, 6.07) is 7.98. The maximum atomic E-state index is 13.8. The maximum Gasteiger partial charge on any atom is 0.275 e. The van der Waals surface area contributed by atoms with Crippen LogP contribution in [0.25, 0.3) is 0 Å². The zero-order valence-electron chi connectivity index (χ0n) is 11.1. The predicted octanol–water partition coefficient (Wildman–Crippen LogP) is 3.38. The second kappa shape index (κ2) is 6.27. The average molecular weight is 294 g/mol. The fourth-order valence-electron chi connectivity index (χ4n) is 1.80. The van der Waals surface area contributed by atoms with Crippen LogP contribution in [0.5, 0.6) is 11.5 Å². The van der Waals surface area contributed by atoms with Crippen molar-refractivity contribution < 1.29 is 18.4 Å². The number of nitro groups is 1. The van der Waals surface area contributed by atoms with Crippen molar-refractivity contribution in [3.05, 3.63) is 63.7 Å². The molecule has 0 atom stereocenters. The molecule has 110 valence electrons. The van der Waals surface area contributed by atoms with Crippen LogP contribution in [0.1, 0.15) is 5.56 Å². The SMILES string of the molecule is CNCc1ccccc1Oc1c(F)cc([N+](=O)[O-])cc1F. The molecule has 0 heterocycles. The second-order valence-electron chi connectivity index (χ2n) is 4.24. The van der Waals surface area contributed by atoms with E-state index in [0.29, 0.717) is 24.2 Å². The van der Waals surface area contributed by atoms with Gasteiger partial charge in [0.05, 0.1) is 17.1 Å². The van der Waals surface area contributed by atoms with Gasteiger partial charge in [0.1, 0.15) is 5.75 Å². The van der Waals surface area contributed by atoms with Gasteiger partial charge in [0.25, 0.3) is 5.69 Å². The summed E-state index contributed by atoms with van der Waals surface area (Å²) < 4.78 is 32.8. The van der Waals surface area contributed by atoms with Gasteiger partial charge in [-0.05, 0) is 13.1 Å². The Balaban J connectivity index is 2.38. The van der Waals surface area contributed by atoms with E-state index < -0.39 is 28.0 Å². The third kappa shape index (κ3) is 3.32. The fourth-order valence-corrected chi connectivity index (χ4v) is 1.80. The van der Waals surface area contributed by atoms with Crippen LogP contribution in [0.4, 0.5) is 14.5 Å². The molecule has 0 bridgehead atoms. The molecule has 0 aromatic heterocycles. The highest BCUT2D eigenvalue weighted by atomic mass is 19.1. The van der Waals surface area contributed by atoms with Crippen LogP contribution in [-0.4, -0.2) is 12.0 Å². The van der Waals surface area contributed by atoms with E-state index in [9.17, 15) is 18.9 Å². The number of nitrogens with one attached hydrogen (secondary N) is 1. The Morgan fingerprint density at radius 3 is 2.43 bits per heavy atom. The lowest BCUT2D eigenvalue weighted by Crippen LogP contribution is -2.06. The fraction of sp³-hybridized carbons (Fsp3) is 0.143. The van der Waals surface area contributed by atoms with Crippen LogP contribution < -0.4 is 10.1 Å². The lowest BCUT2D eigenvalue weighted by molar-refractivity contribution is -0.385. The highest BCUT2D eigenvalue weighted by Gasteiger charge is 2.19. The number of rotatable bonds is 5. The molecule has 0 amide bonds. The molecule has 0 aliphatic carbocycles. The molecule has 0 aliphatic heterocycles. The molecule has 7 heteroatoms. The van der Waals surface area contributed by atoms with Crippen molar-refractivity contribution in [3.8, 4) is 11.5 Å². The Labute approximate surface area is 119 Å². The number of para-hydroxylation sites is 1. The standard InChI is InChI=1S/C14H12F2N2O3/c1-17-8-9-4-2-3-5-13(9)21-14-11(15)6-10(18(19)20)7-12(14)16/h2-7,17H,8H2,1H3. The number of hydrogen-bond donors (Lipinski definition) is 1. The predicted molar refractivity (Wildman–Crippen MR) is 72.3 cm³/mol. The number of nitro benzene ring substituents is 1. The first-order chi connectivity index (χ1) is 10.0. The van der Waals surface area contributed by atoms with Gasteiger partial charge in [0.2, 0.25) is 0 Å². The van der Waals surface area contributed by atoms with Crippen molar-refractivity contribution in [2.45, 2.75) is 6.54 Å². The largest absolute Gasteiger partial charge is 0.451 e. The first kappa shape index (κ1) is 14.9. The van der Waals surface area contributed by atoms with Crippen molar-refractivity contribution in [3.63, 3.8) is 0 Å². The van der Waals surface area contributed by atoms with Crippen LogP contribution in [-0.2, 0) is 6.54 Å². The highest BCUT2D eigenvalue weighted by Crippen LogP contribution is 2.32. The van der Waals surface area contributed by atoms with Crippen molar-refractivity contribution in [1.82, 2.24) is 5.32 Å². The van der Waals surface area contributed by atoms with Crippen molar-refractivity contribution in [2.24, 2.45) is 0 Å². The number of nitrogens with zero attached hydrogens (tertiary/aromatic N) is 1.